The number of rotatable bonds is 6. The lowest BCUT2D eigenvalue weighted by Gasteiger charge is -2.28. The van der Waals surface area contributed by atoms with E-state index in [0.29, 0.717) is 37.7 Å². The van der Waals surface area contributed by atoms with Gasteiger partial charge in [-0.3, -0.25) is 0 Å². The van der Waals surface area contributed by atoms with Crippen LogP contribution in [0.4, 0.5) is 0 Å². The summed E-state index contributed by atoms with van der Waals surface area (Å²) in [6.45, 7) is 3.08. The summed E-state index contributed by atoms with van der Waals surface area (Å²) >= 11 is 0. The van der Waals surface area contributed by atoms with Crippen LogP contribution in [0.15, 0.2) is 48.5 Å². The van der Waals surface area contributed by atoms with E-state index < -0.39 is 11.8 Å². The molecule has 0 amide bonds. The second-order valence-corrected chi connectivity index (χ2v) is 6.60. The number of benzene rings is 2. The van der Waals surface area contributed by atoms with Crippen molar-refractivity contribution >= 4 is 16.9 Å². The zero-order valence-corrected chi connectivity index (χ0v) is 16.0. The van der Waals surface area contributed by atoms with Crippen molar-refractivity contribution in [1.29, 1.82) is 0 Å². The summed E-state index contributed by atoms with van der Waals surface area (Å²) in [4.78, 5) is 15.8. The Morgan fingerprint density at radius 1 is 1.14 bits per heavy atom. The number of H-pyrrole nitrogens is 1. The molecule has 3 aromatic rings. The van der Waals surface area contributed by atoms with E-state index in [1.807, 2.05) is 48.5 Å². The number of hydrogen-bond donors (Lipinski definition) is 1. The fourth-order valence-corrected chi connectivity index (χ4v) is 3.67. The number of esters is 1. The first-order valence-electron chi connectivity index (χ1n) is 9.36. The molecule has 146 valence electrons. The lowest BCUT2D eigenvalue weighted by molar-refractivity contribution is -0.164. The second kappa shape index (κ2) is 7.66. The first-order chi connectivity index (χ1) is 13.7. The SMILES string of the molecule is CCOC(=O)c1[nH]c2ccc(OC)cc2c1CC1(c2ccccc2)OCCO1. The highest BCUT2D eigenvalue weighted by Crippen LogP contribution is 2.38. The van der Waals surface area contributed by atoms with Crippen LogP contribution in [0.1, 0.15) is 28.5 Å². The first-order valence-corrected chi connectivity index (χ1v) is 9.36. The summed E-state index contributed by atoms with van der Waals surface area (Å²) < 4.78 is 22.8. The summed E-state index contributed by atoms with van der Waals surface area (Å²) in [5.41, 5.74) is 2.96. The van der Waals surface area contributed by atoms with Crippen molar-refractivity contribution in [2.75, 3.05) is 26.9 Å². The van der Waals surface area contributed by atoms with Crippen LogP contribution in [-0.2, 0) is 26.4 Å². The van der Waals surface area contributed by atoms with Gasteiger partial charge in [0.15, 0.2) is 5.79 Å². The molecule has 1 aromatic heterocycles. The minimum atomic E-state index is -0.944. The van der Waals surface area contributed by atoms with Gasteiger partial charge in [-0.1, -0.05) is 30.3 Å². The Labute approximate surface area is 163 Å². The fraction of sp³-hybridized carbons (Fsp3) is 0.318. The number of aromatic amines is 1. The molecule has 0 bridgehead atoms. The number of hydrogen-bond acceptors (Lipinski definition) is 5. The van der Waals surface area contributed by atoms with Crippen molar-refractivity contribution in [2.45, 2.75) is 19.1 Å². The van der Waals surface area contributed by atoms with E-state index in [-0.39, 0.29) is 0 Å². The van der Waals surface area contributed by atoms with E-state index in [0.717, 1.165) is 22.0 Å². The molecule has 1 aliphatic heterocycles. The van der Waals surface area contributed by atoms with Gasteiger partial charge in [-0.05, 0) is 30.7 Å². The van der Waals surface area contributed by atoms with E-state index in [4.69, 9.17) is 18.9 Å². The van der Waals surface area contributed by atoms with Crippen LogP contribution in [0.25, 0.3) is 10.9 Å². The van der Waals surface area contributed by atoms with Crippen LogP contribution in [0.3, 0.4) is 0 Å². The van der Waals surface area contributed by atoms with Gasteiger partial charge in [0.05, 0.1) is 26.9 Å². The zero-order chi connectivity index (χ0) is 19.6. The monoisotopic (exact) mass is 381 g/mol. The number of carbonyl (C=O) groups excluding carboxylic acids is 1. The normalized spacial score (nSPS) is 15.6. The smallest absolute Gasteiger partial charge is 0.355 e. The van der Waals surface area contributed by atoms with E-state index in [1.165, 1.54) is 0 Å². The summed E-state index contributed by atoms with van der Waals surface area (Å²) in [5, 5.41) is 0.886. The molecule has 0 aliphatic carbocycles. The molecule has 1 N–H and O–H groups in total. The molecule has 6 heteroatoms. The van der Waals surface area contributed by atoms with E-state index in [9.17, 15) is 4.79 Å². The Bertz CT molecular complexity index is 973. The maximum atomic E-state index is 12.6. The van der Waals surface area contributed by atoms with Crippen LogP contribution in [0.5, 0.6) is 5.75 Å². The van der Waals surface area contributed by atoms with Crippen LogP contribution < -0.4 is 4.74 Å². The lowest BCUT2D eigenvalue weighted by atomic mass is 9.95. The van der Waals surface area contributed by atoms with Gasteiger partial charge in [-0.15, -0.1) is 0 Å². The van der Waals surface area contributed by atoms with Gasteiger partial charge in [0.2, 0.25) is 0 Å². The van der Waals surface area contributed by atoms with Gasteiger partial charge in [0.1, 0.15) is 11.4 Å². The zero-order valence-electron chi connectivity index (χ0n) is 16.0. The number of carbonyl (C=O) groups is 1. The molecule has 6 nitrogen and oxygen atoms in total. The molecular formula is C22H23NO5. The van der Waals surface area contributed by atoms with Crippen molar-refractivity contribution in [3.63, 3.8) is 0 Å². The number of ether oxygens (including phenoxy) is 4. The maximum absolute atomic E-state index is 12.6. The summed E-state index contributed by atoms with van der Waals surface area (Å²) in [6.07, 6.45) is 0.373. The van der Waals surface area contributed by atoms with Gasteiger partial charge in [-0.2, -0.15) is 0 Å². The Balaban J connectivity index is 1.85. The number of methoxy groups -OCH3 is 1. The van der Waals surface area contributed by atoms with E-state index >= 15 is 0 Å². The Kier molecular flexibility index (Phi) is 5.07. The van der Waals surface area contributed by atoms with Crippen LogP contribution in [-0.4, -0.2) is 37.9 Å². The topological polar surface area (TPSA) is 69.8 Å². The van der Waals surface area contributed by atoms with Crippen LogP contribution >= 0.6 is 0 Å². The van der Waals surface area contributed by atoms with Gasteiger partial charge in [-0.25, -0.2) is 4.79 Å². The Morgan fingerprint density at radius 2 is 1.89 bits per heavy atom. The van der Waals surface area contributed by atoms with Crippen molar-refractivity contribution in [3.8, 4) is 5.75 Å². The fourth-order valence-electron chi connectivity index (χ4n) is 3.67. The van der Waals surface area contributed by atoms with Crippen LogP contribution in [0.2, 0.25) is 0 Å². The molecular weight excluding hydrogens is 358 g/mol. The highest BCUT2D eigenvalue weighted by Gasteiger charge is 2.40. The average Bonchev–Trinajstić information content (AvgIpc) is 3.35. The molecule has 1 aliphatic rings. The van der Waals surface area contributed by atoms with Crippen LogP contribution in [0, 0.1) is 0 Å². The standard InChI is InChI=1S/C22H23NO5/c1-3-26-21(24)20-18(17-13-16(25-2)9-10-19(17)23-20)14-22(27-11-12-28-22)15-7-5-4-6-8-15/h4-10,13,23H,3,11-12,14H2,1-2H3. The van der Waals surface area contributed by atoms with Crippen molar-refractivity contribution in [3.05, 3.63) is 65.4 Å². The van der Waals surface area contributed by atoms with E-state index in [2.05, 4.69) is 4.98 Å². The molecule has 0 spiro atoms. The molecule has 1 fully saturated rings. The third-order valence-corrected chi connectivity index (χ3v) is 4.97. The number of aromatic nitrogens is 1. The molecule has 2 heterocycles. The number of fused-ring (bicyclic) bond motifs is 1. The van der Waals surface area contributed by atoms with E-state index in [1.54, 1.807) is 14.0 Å². The van der Waals surface area contributed by atoms with Gasteiger partial charge >= 0.3 is 5.97 Å². The Morgan fingerprint density at radius 3 is 2.57 bits per heavy atom. The summed E-state index contributed by atoms with van der Waals surface area (Å²) in [5.74, 6) is -0.625. The maximum Gasteiger partial charge on any atom is 0.355 e. The largest absolute Gasteiger partial charge is 0.497 e. The quantitative estimate of drug-likeness (QED) is 0.658. The molecule has 28 heavy (non-hydrogen) atoms. The molecule has 0 atom stereocenters. The highest BCUT2D eigenvalue weighted by atomic mass is 16.7. The predicted octanol–water partition coefficient (Wildman–Crippen LogP) is 3.80. The number of nitrogens with one attached hydrogen (secondary N) is 1. The minimum Gasteiger partial charge on any atom is -0.497 e. The average molecular weight is 381 g/mol. The van der Waals surface area contributed by atoms with Crippen molar-refractivity contribution < 1.29 is 23.7 Å². The minimum absolute atomic E-state index is 0.299. The molecule has 1 saturated heterocycles. The molecule has 0 saturated carbocycles. The van der Waals surface area contributed by atoms with Crippen molar-refractivity contribution in [1.82, 2.24) is 4.98 Å². The summed E-state index contributed by atoms with van der Waals surface area (Å²) in [6, 6.07) is 15.5. The van der Waals surface area contributed by atoms with Crippen molar-refractivity contribution in [2.24, 2.45) is 0 Å². The lowest BCUT2D eigenvalue weighted by Crippen LogP contribution is -2.30. The molecule has 0 radical (unpaired) electrons. The third kappa shape index (κ3) is 3.25. The Hall–Kier alpha value is -2.83. The molecule has 2 aromatic carbocycles. The third-order valence-electron chi connectivity index (χ3n) is 4.97. The second-order valence-electron chi connectivity index (χ2n) is 6.60. The van der Waals surface area contributed by atoms with Gasteiger partial charge in [0.25, 0.3) is 0 Å². The van der Waals surface area contributed by atoms with Gasteiger partial charge in [0, 0.05) is 22.9 Å². The molecule has 4 rings (SSSR count). The summed E-state index contributed by atoms with van der Waals surface area (Å²) in [7, 11) is 1.62. The predicted molar refractivity (Wildman–Crippen MR) is 105 cm³/mol. The molecule has 0 unspecified atom stereocenters. The highest BCUT2D eigenvalue weighted by molar-refractivity contribution is 5.98. The first kappa shape index (κ1) is 18.5. The van der Waals surface area contributed by atoms with Gasteiger partial charge < -0.3 is 23.9 Å².